The highest BCUT2D eigenvalue weighted by Crippen LogP contribution is 2.34. The summed E-state index contributed by atoms with van der Waals surface area (Å²) in [6.45, 7) is 0. The second-order valence-corrected chi connectivity index (χ2v) is 8.63. The Morgan fingerprint density at radius 1 is 0.923 bits per heavy atom. The molecule has 0 heterocycles. The first-order valence-electron chi connectivity index (χ1n) is 8.95. The number of rotatable bonds is 1. The van der Waals surface area contributed by atoms with Crippen LogP contribution in [0.1, 0.15) is 60.0 Å². The van der Waals surface area contributed by atoms with Gasteiger partial charge in [0.2, 0.25) is 0 Å². The van der Waals surface area contributed by atoms with E-state index in [1.807, 2.05) is 6.07 Å². The van der Waals surface area contributed by atoms with E-state index < -0.39 is 0 Å². The van der Waals surface area contributed by atoms with Crippen LogP contribution in [-0.4, -0.2) is 0 Å². The third-order valence-corrected chi connectivity index (χ3v) is 6.03. The second-order valence-electron chi connectivity index (χ2n) is 6.80. The van der Waals surface area contributed by atoms with Crippen LogP contribution in [0.15, 0.2) is 50.5 Å². The Bertz CT molecular complexity index is 831. The van der Waals surface area contributed by atoms with E-state index in [-0.39, 0.29) is 12.1 Å². The molecule has 0 radical (unpaired) electrons. The van der Waals surface area contributed by atoms with Gasteiger partial charge in [-0.3, -0.25) is 0 Å². The molecule has 4 nitrogen and oxygen atoms in total. The molecule has 136 valence electrons. The van der Waals surface area contributed by atoms with Crippen LogP contribution in [0.5, 0.6) is 0 Å². The lowest BCUT2D eigenvalue weighted by atomic mass is 9.88. The number of fused-ring (bicyclic) bond motifs is 2. The lowest BCUT2D eigenvalue weighted by Gasteiger charge is -2.21. The molecule has 0 saturated heterocycles. The van der Waals surface area contributed by atoms with Crippen molar-refractivity contribution in [3.05, 3.63) is 78.0 Å². The van der Waals surface area contributed by atoms with Gasteiger partial charge in [0.05, 0.1) is 6.04 Å². The van der Waals surface area contributed by atoms with Crippen LogP contribution >= 0.6 is 31.9 Å². The van der Waals surface area contributed by atoms with Gasteiger partial charge in [-0.05, 0) is 90.6 Å². The summed E-state index contributed by atoms with van der Waals surface area (Å²) >= 11 is 6.92. The van der Waals surface area contributed by atoms with Crippen LogP contribution in [0.3, 0.4) is 0 Å². The molecule has 26 heavy (non-hydrogen) atoms. The van der Waals surface area contributed by atoms with Gasteiger partial charge in [-0.25, -0.2) is 0 Å². The predicted octanol–water partition coefficient (Wildman–Crippen LogP) is 6.92. The van der Waals surface area contributed by atoms with Gasteiger partial charge in [-0.15, -0.1) is 0 Å². The van der Waals surface area contributed by atoms with Crippen molar-refractivity contribution >= 4 is 31.9 Å². The molecule has 2 unspecified atom stereocenters. The standard InChI is InChI=1S/C10H10BrN3.C10H12BrN/c11-8-4-5-9-7(6-8)2-1-3-10(9)13-14-12;11-8-4-5-9-7(6-8)2-1-3-10(9)12/h4-6,10H,1-3H2;4-6,10H,1-3,12H2. The Morgan fingerprint density at radius 2 is 1.50 bits per heavy atom. The number of nitrogens with zero attached hydrogens (tertiary/aromatic N) is 3. The van der Waals surface area contributed by atoms with Gasteiger partial charge in [0, 0.05) is 19.9 Å². The second kappa shape index (κ2) is 9.05. The molecular weight excluding hydrogens is 456 g/mol. The molecule has 2 aromatic rings. The SMILES string of the molecule is NC1CCCc2cc(Br)ccc21.[N-]=[N+]=NC1CCCc2cc(Br)ccc21. The van der Waals surface area contributed by atoms with Gasteiger partial charge in [0.1, 0.15) is 0 Å². The number of halogens is 2. The quantitative estimate of drug-likeness (QED) is 0.270. The van der Waals surface area contributed by atoms with E-state index in [9.17, 15) is 0 Å². The topological polar surface area (TPSA) is 74.8 Å². The Hall–Kier alpha value is -1.33. The van der Waals surface area contributed by atoms with Crippen molar-refractivity contribution in [3.8, 4) is 0 Å². The maximum Gasteiger partial charge on any atom is 0.0628 e. The van der Waals surface area contributed by atoms with Crippen molar-refractivity contribution in [1.29, 1.82) is 0 Å². The molecule has 2 aliphatic carbocycles. The minimum atomic E-state index is 0.0387. The third kappa shape index (κ3) is 4.68. The number of hydrogen-bond donors (Lipinski definition) is 1. The average molecular weight is 478 g/mol. The van der Waals surface area contributed by atoms with Crippen molar-refractivity contribution in [3.63, 3.8) is 0 Å². The normalized spacial score (nSPS) is 20.7. The fourth-order valence-electron chi connectivity index (χ4n) is 3.76. The summed E-state index contributed by atoms with van der Waals surface area (Å²) in [5.74, 6) is 0. The molecule has 0 aromatic heterocycles. The maximum atomic E-state index is 8.45. The summed E-state index contributed by atoms with van der Waals surface area (Å²) in [7, 11) is 0. The van der Waals surface area contributed by atoms with Gasteiger partial charge < -0.3 is 5.73 Å². The summed E-state index contributed by atoms with van der Waals surface area (Å²) in [6.07, 6.45) is 6.71. The molecule has 2 aliphatic rings. The van der Waals surface area contributed by atoms with E-state index in [4.69, 9.17) is 11.3 Å². The van der Waals surface area contributed by atoms with E-state index in [2.05, 4.69) is 72.2 Å². The highest BCUT2D eigenvalue weighted by atomic mass is 79.9. The molecule has 0 saturated carbocycles. The van der Waals surface area contributed by atoms with Gasteiger partial charge in [-0.2, -0.15) is 0 Å². The maximum absolute atomic E-state index is 8.45. The molecule has 0 amide bonds. The zero-order chi connectivity index (χ0) is 18.5. The summed E-state index contributed by atoms with van der Waals surface area (Å²) in [5, 5.41) is 3.82. The third-order valence-electron chi connectivity index (χ3n) is 5.04. The highest BCUT2D eigenvalue weighted by molar-refractivity contribution is 9.10. The molecule has 0 spiro atoms. The van der Waals surface area contributed by atoms with E-state index >= 15 is 0 Å². The fourth-order valence-corrected chi connectivity index (χ4v) is 4.58. The molecule has 0 fully saturated rings. The molecule has 6 heteroatoms. The van der Waals surface area contributed by atoms with Crippen molar-refractivity contribution in [2.75, 3.05) is 0 Å². The molecular formula is C20H22Br2N4. The Morgan fingerprint density at radius 3 is 2.15 bits per heavy atom. The van der Waals surface area contributed by atoms with Crippen molar-refractivity contribution in [1.82, 2.24) is 0 Å². The van der Waals surface area contributed by atoms with Crippen LogP contribution < -0.4 is 5.73 Å². The first-order chi connectivity index (χ1) is 12.6. The first-order valence-corrected chi connectivity index (χ1v) is 10.5. The summed E-state index contributed by atoms with van der Waals surface area (Å²) in [6, 6.07) is 12.9. The Labute approximate surface area is 171 Å². The largest absolute Gasteiger partial charge is 0.324 e. The minimum Gasteiger partial charge on any atom is -0.324 e. The molecule has 0 aliphatic heterocycles. The van der Waals surface area contributed by atoms with Gasteiger partial charge in [0.15, 0.2) is 0 Å². The first kappa shape index (κ1) is 19.4. The van der Waals surface area contributed by atoms with Crippen LogP contribution in [0.2, 0.25) is 0 Å². The Balaban J connectivity index is 0.000000152. The number of nitrogens with two attached hydrogens (primary N) is 1. The Kier molecular flexibility index (Phi) is 6.76. The van der Waals surface area contributed by atoms with E-state index in [1.165, 1.54) is 35.1 Å². The number of benzene rings is 2. The van der Waals surface area contributed by atoms with Gasteiger partial charge in [0.25, 0.3) is 0 Å². The number of hydrogen-bond acceptors (Lipinski definition) is 2. The van der Waals surface area contributed by atoms with Crippen molar-refractivity contribution in [2.24, 2.45) is 10.8 Å². The zero-order valence-corrected chi connectivity index (χ0v) is 17.7. The van der Waals surface area contributed by atoms with Crippen molar-refractivity contribution < 1.29 is 0 Å². The van der Waals surface area contributed by atoms with Gasteiger partial charge in [-0.1, -0.05) is 49.1 Å². The average Bonchev–Trinajstić information content (AvgIpc) is 2.62. The fraction of sp³-hybridized carbons (Fsp3) is 0.400. The predicted molar refractivity (Wildman–Crippen MR) is 113 cm³/mol. The zero-order valence-electron chi connectivity index (χ0n) is 14.5. The monoisotopic (exact) mass is 476 g/mol. The van der Waals surface area contributed by atoms with Crippen LogP contribution in [0.25, 0.3) is 10.4 Å². The lowest BCUT2D eigenvalue weighted by molar-refractivity contribution is 0.568. The highest BCUT2D eigenvalue weighted by Gasteiger charge is 2.18. The lowest BCUT2D eigenvalue weighted by Crippen LogP contribution is -2.17. The molecule has 2 atom stereocenters. The minimum absolute atomic E-state index is 0.0387. The molecule has 2 N–H and O–H groups in total. The smallest absolute Gasteiger partial charge is 0.0628 e. The van der Waals surface area contributed by atoms with Crippen molar-refractivity contribution in [2.45, 2.75) is 50.6 Å². The van der Waals surface area contributed by atoms with Crippen LogP contribution in [0.4, 0.5) is 0 Å². The summed E-state index contributed by atoms with van der Waals surface area (Å²) < 4.78 is 2.26. The van der Waals surface area contributed by atoms with Gasteiger partial charge >= 0.3 is 0 Å². The molecule has 2 aromatic carbocycles. The van der Waals surface area contributed by atoms with E-state index in [0.29, 0.717) is 0 Å². The van der Waals surface area contributed by atoms with E-state index in [0.717, 1.165) is 34.6 Å². The summed E-state index contributed by atoms with van der Waals surface area (Å²) in [5.41, 5.74) is 19.7. The molecule has 4 rings (SSSR count). The number of azide groups is 1. The van der Waals surface area contributed by atoms with Crippen LogP contribution in [-0.2, 0) is 12.8 Å². The van der Waals surface area contributed by atoms with E-state index in [1.54, 1.807) is 0 Å². The summed E-state index contributed by atoms with van der Waals surface area (Å²) in [4.78, 5) is 2.89. The number of aryl methyl sites for hydroxylation is 2. The van der Waals surface area contributed by atoms with Crippen LogP contribution in [0, 0.1) is 0 Å². The molecule has 0 bridgehead atoms.